The van der Waals surface area contributed by atoms with E-state index in [-0.39, 0.29) is 12.6 Å². The molecule has 0 aliphatic heterocycles. The lowest BCUT2D eigenvalue weighted by molar-refractivity contribution is 0.246. The lowest BCUT2D eigenvalue weighted by Crippen LogP contribution is -2.24. The zero-order valence-corrected chi connectivity index (χ0v) is 10.5. The molecule has 0 bridgehead atoms. The summed E-state index contributed by atoms with van der Waals surface area (Å²) in [6.07, 6.45) is 0. The zero-order valence-electron chi connectivity index (χ0n) is 10.5. The second-order valence-electron chi connectivity index (χ2n) is 3.97. The average Bonchev–Trinajstić information content (AvgIpc) is 2.28. The molecule has 0 amide bonds. The van der Waals surface area contributed by atoms with E-state index in [9.17, 15) is 5.11 Å². The Kier molecular flexibility index (Phi) is 4.77. The number of nitrogens with one attached hydrogen (secondary N) is 1. The predicted molar refractivity (Wildman–Crippen MR) is 66.0 cm³/mol. The predicted octanol–water partition coefficient (Wildman–Crippen LogP) is 1.95. The number of aliphatic hydroxyl groups excluding tert-OH is 1. The van der Waals surface area contributed by atoms with Crippen LogP contribution < -0.4 is 10.1 Å². The van der Waals surface area contributed by atoms with Gasteiger partial charge in [-0.15, -0.1) is 0 Å². The molecule has 1 aromatic carbocycles. The summed E-state index contributed by atoms with van der Waals surface area (Å²) >= 11 is 0. The third-order valence-corrected chi connectivity index (χ3v) is 2.79. The fourth-order valence-corrected chi connectivity index (χ4v) is 1.93. The monoisotopic (exact) mass is 223 g/mol. The van der Waals surface area contributed by atoms with Crippen LogP contribution in [0.25, 0.3) is 0 Å². The summed E-state index contributed by atoms with van der Waals surface area (Å²) in [5.41, 5.74) is 3.38. The number of methoxy groups -OCH3 is 1. The summed E-state index contributed by atoms with van der Waals surface area (Å²) in [5.74, 6) is 0.898. The van der Waals surface area contributed by atoms with E-state index < -0.39 is 0 Å². The van der Waals surface area contributed by atoms with Gasteiger partial charge in [-0.25, -0.2) is 0 Å². The van der Waals surface area contributed by atoms with E-state index in [1.54, 1.807) is 7.11 Å². The summed E-state index contributed by atoms with van der Waals surface area (Å²) in [5, 5.41) is 12.6. The molecule has 16 heavy (non-hydrogen) atoms. The smallest absolute Gasteiger partial charge is 0.122 e. The Bertz CT molecular complexity index is 350. The Morgan fingerprint density at radius 1 is 1.31 bits per heavy atom. The van der Waals surface area contributed by atoms with E-state index in [0.717, 1.165) is 29.0 Å². The maximum atomic E-state index is 9.36. The van der Waals surface area contributed by atoms with Crippen LogP contribution >= 0.6 is 0 Å². The van der Waals surface area contributed by atoms with Gasteiger partial charge in [0.1, 0.15) is 5.75 Å². The second-order valence-corrected chi connectivity index (χ2v) is 3.97. The van der Waals surface area contributed by atoms with Gasteiger partial charge in [-0.3, -0.25) is 0 Å². The second kappa shape index (κ2) is 5.87. The fourth-order valence-electron chi connectivity index (χ4n) is 1.93. The summed E-state index contributed by atoms with van der Waals surface area (Å²) in [7, 11) is 1.68. The van der Waals surface area contributed by atoms with Gasteiger partial charge >= 0.3 is 0 Å². The summed E-state index contributed by atoms with van der Waals surface area (Å²) in [4.78, 5) is 0. The molecule has 1 unspecified atom stereocenters. The molecule has 3 nitrogen and oxygen atoms in total. The first kappa shape index (κ1) is 13.0. The van der Waals surface area contributed by atoms with Crippen molar-refractivity contribution in [1.29, 1.82) is 0 Å². The van der Waals surface area contributed by atoms with Crippen molar-refractivity contribution >= 4 is 0 Å². The average molecular weight is 223 g/mol. The van der Waals surface area contributed by atoms with Crippen molar-refractivity contribution in [3.05, 3.63) is 28.8 Å². The number of aryl methyl sites for hydroxylation is 2. The number of rotatable bonds is 5. The number of hydrogen-bond acceptors (Lipinski definition) is 3. The van der Waals surface area contributed by atoms with Crippen molar-refractivity contribution in [1.82, 2.24) is 5.32 Å². The molecule has 0 aromatic heterocycles. The van der Waals surface area contributed by atoms with E-state index in [4.69, 9.17) is 4.74 Å². The molecule has 1 rings (SSSR count). The van der Waals surface area contributed by atoms with Crippen LogP contribution in [0.15, 0.2) is 12.1 Å². The summed E-state index contributed by atoms with van der Waals surface area (Å²) in [6, 6.07) is 4.11. The zero-order chi connectivity index (χ0) is 12.1. The number of ether oxygens (including phenoxy) is 1. The normalized spacial score (nSPS) is 12.6. The Hall–Kier alpha value is -1.06. The molecule has 0 spiro atoms. The largest absolute Gasteiger partial charge is 0.496 e. The summed E-state index contributed by atoms with van der Waals surface area (Å²) in [6.45, 7) is 7.05. The molecule has 1 aromatic rings. The van der Waals surface area contributed by atoms with Gasteiger partial charge in [0, 0.05) is 0 Å². The van der Waals surface area contributed by atoms with Gasteiger partial charge in [-0.2, -0.15) is 0 Å². The minimum atomic E-state index is 0.00889. The lowest BCUT2D eigenvalue weighted by Gasteiger charge is -2.19. The Labute approximate surface area is 97.4 Å². The Morgan fingerprint density at radius 2 is 2.00 bits per heavy atom. The number of hydrogen-bond donors (Lipinski definition) is 2. The molecule has 90 valence electrons. The third kappa shape index (κ3) is 2.74. The van der Waals surface area contributed by atoms with Crippen LogP contribution in [0.2, 0.25) is 0 Å². The molecule has 0 radical (unpaired) electrons. The molecular formula is C13H21NO2. The number of likely N-dealkylation sites (N-methyl/N-ethyl adjacent to an activating group) is 1. The molecule has 0 heterocycles. The van der Waals surface area contributed by atoms with Gasteiger partial charge in [0.25, 0.3) is 0 Å². The molecule has 0 saturated heterocycles. The van der Waals surface area contributed by atoms with E-state index >= 15 is 0 Å². The quantitative estimate of drug-likeness (QED) is 0.801. The highest BCUT2D eigenvalue weighted by atomic mass is 16.5. The van der Waals surface area contributed by atoms with Crippen LogP contribution in [0, 0.1) is 13.8 Å². The molecule has 0 fully saturated rings. The molecule has 0 aliphatic carbocycles. The van der Waals surface area contributed by atoms with Gasteiger partial charge in [-0.1, -0.05) is 13.0 Å². The topological polar surface area (TPSA) is 41.5 Å². The third-order valence-electron chi connectivity index (χ3n) is 2.79. The summed E-state index contributed by atoms with van der Waals surface area (Å²) < 4.78 is 5.27. The first-order valence-electron chi connectivity index (χ1n) is 5.63. The van der Waals surface area contributed by atoms with Gasteiger partial charge in [0.2, 0.25) is 0 Å². The van der Waals surface area contributed by atoms with Crippen molar-refractivity contribution in [3.63, 3.8) is 0 Å². The number of aliphatic hydroxyl groups is 1. The van der Waals surface area contributed by atoms with Crippen molar-refractivity contribution < 1.29 is 9.84 Å². The minimum Gasteiger partial charge on any atom is -0.496 e. The Balaban J connectivity index is 3.08. The van der Waals surface area contributed by atoms with Gasteiger partial charge in [0.05, 0.1) is 19.8 Å². The number of benzene rings is 1. The highest BCUT2D eigenvalue weighted by Gasteiger charge is 2.13. The first-order chi connectivity index (χ1) is 7.63. The molecule has 0 aliphatic rings. The van der Waals surface area contributed by atoms with Crippen molar-refractivity contribution in [3.8, 4) is 5.75 Å². The SMILES string of the molecule is CCNC(CO)c1cc(C)c(OC)cc1C. The van der Waals surface area contributed by atoms with E-state index in [2.05, 4.69) is 11.4 Å². The van der Waals surface area contributed by atoms with Crippen LogP contribution in [0.1, 0.15) is 29.7 Å². The fraction of sp³-hybridized carbons (Fsp3) is 0.538. The maximum absolute atomic E-state index is 9.36. The van der Waals surface area contributed by atoms with Crippen LogP contribution in [-0.2, 0) is 0 Å². The van der Waals surface area contributed by atoms with E-state index in [1.807, 2.05) is 26.8 Å². The van der Waals surface area contributed by atoms with Crippen LogP contribution in [0.5, 0.6) is 5.75 Å². The van der Waals surface area contributed by atoms with Crippen molar-refractivity contribution in [2.45, 2.75) is 26.8 Å². The minimum absolute atomic E-state index is 0.00889. The van der Waals surface area contributed by atoms with Crippen LogP contribution in [0.4, 0.5) is 0 Å². The molecule has 1 atom stereocenters. The van der Waals surface area contributed by atoms with Gasteiger partial charge < -0.3 is 15.2 Å². The molecule has 0 saturated carbocycles. The molecule has 2 N–H and O–H groups in total. The van der Waals surface area contributed by atoms with Crippen LogP contribution in [-0.4, -0.2) is 25.4 Å². The van der Waals surface area contributed by atoms with Gasteiger partial charge in [0.15, 0.2) is 0 Å². The standard InChI is InChI=1S/C13H21NO2/c1-5-14-12(8-15)11-6-10(3)13(16-4)7-9(11)2/h6-7,12,14-15H,5,8H2,1-4H3. The van der Waals surface area contributed by atoms with Crippen LogP contribution in [0.3, 0.4) is 0 Å². The van der Waals surface area contributed by atoms with Gasteiger partial charge in [-0.05, 0) is 43.1 Å². The lowest BCUT2D eigenvalue weighted by atomic mass is 9.98. The highest BCUT2D eigenvalue weighted by molar-refractivity contribution is 5.42. The maximum Gasteiger partial charge on any atom is 0.122 e. The van der Waals surface area contributed by atoms with E-state index in [1.165, 1.54) is 0 Å². The van der Waals surface area contributed by atoms with Crippen molar-refractivity contribution in [2.75, 3.05) is 20.3 Å². The highest BCUT2D eigenvalue weighted by Crippen LogP contribution is 2.26. The molecular weight excluding hydrogens is 202 g/mol. The first-order valence-corrected chi connectivity index (χ1v) is 5.63. The Morgan fingerprint density at radius 3 is 2.50 bits per heavy atom. The van der Waals surface area contributed by atoms with Crippen molar-refractivity contribution in [2.24, 2.45) is 0 Å². The van der Waals surface area contributed by atoms with E-state index in [0.29, 0.717) is 0 Å². The molecule has 3 heteroatoms.